The second-order valence-electron chi connectivity index (χ2n) is 10.6. The molecule has 4 aromatic rings. The van der Waals surface area contributed by atoms with Crippen molar-refractivity contribution in [1.82, 2.24) is 30.2 Å². The van der Waals surface area contributed by atoms with Gasteiger partial charge in [0.15, 0.2) is 16.6 Å². The first-order valence-electron chi connectivity index (χ1n) is 13.8. The molecule has 1 N–H and O–H groups in total. The van der Waals surface area contributed by atoms with Crippen molar-refractivity contribution < 1.29 is 23.9 Å². The van der Waals surface area contributed by atoms with Gasteiger partial charge < -0.3 is 9.47 Å². The Hall–Kier alpha value is -4.87. The number of pyridine rings is 4. The molecule has 6 rings (SSSR count). The Balaban J connectivity index is 1.65. The summed E-state index contributed by atoms with van der Waals surface area (Å²) in [6.07, 6.45) is 6.52. The highest BCUT2D eigenvalue weighted by Crippen LogP contribution is 2.57. The summed E-state index contributed by atoms with van der Waals surface area (Å²) in [7, 11) is 2.47. The average Bonchev–Trinajstić information content (AvgIpc) is 3.06. The lowest BCUT2D eigenvalue weighted by Crippen LogP contribution is -2.75. The number of nitrogens with one attached hydrogen (secondary N) is 1. The van der Waals surface area contributed by atoms with Crippen LogP contribution in [0.2, 0.25) is 0 Å². The molecule has 0 aromatic carbocycles. The van der Waals surface area contributed by atoms with Crippen molar-refractivity contribution >= 4 is 17.7 Å². The highest BCUT2D eigenvalue weighted by molar-refractivity contribution is 6.17. The number of piperidine rings is 2. The van der Waals surface area contributed by atoms with Crippen molar-refractivity contribution in [3.63, 3.8) is 0 Å². The van der Waals surface area contributed by atoms with Gasteiger partial charge >= 0.3 is 11.9 Å². The molecule has 2 fully saturated rings. The molecule has 2 saturated heterocycles. The zero-order chi connectivity index (χ0) is 30.0. The smallest absolute Gasteiger partial charge is 0.322 e. The van der Waals surface area contributed by atoms with E-state index in [2.05, 4.69) is 25.3 Å². The lowest BCUT2D eigenvalue weighted by molar-refractivity contribution is -0.191. The topological polar surface area (TPSA) is 136 Å². The van der Waals surface area contributed by atoms with Gasteiger partial charge in [0.25, 0.3) is 0 Å². The number of ketones is 1. The summed E-state index contributed by atoms with van der Waals surface area (Å²) in [5.74, 6) is -2.20. The summed E-state index contributed by atoms with van der Waals surface area (Å²) in [5, 5.41) is 3.46. The Labute approximate surface area is 248 Å². The zero-order valence-corrected chi connectivity index (χ0v) is 23.7. The molecule has 0 aliphatic carbocycles. The van der Waals surface area contributed by atoms with Gasteiger partial charge in [0.05, 0.1) is 55.1 Å². The van der Waals surface area contributed by atoms with Crippen molar-refractivity contribution in [3.8, 4) is 0 Å². The van der Waals surface area contributed by atoms with Gasteiger partial charge in [0.2, 0.25) is 0 Å². The molecule has 0 radical (unpaired) electrons. The van der Waals surface area contributed by atoms with Gasteiger partial charge in [-0.3, -0.25) is 44.5 Å². The molecule has 0 spiro atoms. The fraction of sp³-hybridized carbons (Fsp3) is 0.281. The SMILES string of the molecule is COC(=O)C12CN(C(c3ccccn3)c3ccccn3)CC(C(=O)OC)(C1=O)C(c1ccccn1)NC2c1ccccn1. The Morgan fingerprint density at radius 1 is 0.721 bits per heavy atom. The van der Waals surface area contributed by atoms with Crippen LogP contribution < -0.4 is 5.32 Å². The van der Waals surface area contributed by atoms with E-state index in [1.807, 2.05) is 29.2 Å². The molecule has 2 aliphatic heterocycles. The van der Waals surface area contributed by atoms with Crippen molar-refractivity contribution in [2.45, 2.75) is 18.1 Å². The van der Waals surface area contributed by atoms with E-state index < -0.39 is 46.7 Å². The number of rotatable bonds is 7. The molecule has 2 bridgehead atoms. The molecule has 4 aromatic heterocycles. The third-order valence-corrected chi connectivity index (χ3v) is 8.40. The van der Waals surface area contributed by atoms with Crippen molar-refractivity contribution in [3.05, 3.63) is 120 Å². The predicted molar refractivity (Wildman–Crippen MR) is 153 cm³/mol. The number of carbonyl (C=O) groups is 3. The summed E-state index contributed by atoms with van der Waals surface area (Å²) in [6.45, 7) is -0.226. The van der Waals surface area contributed by atoms with E-state index in [1.165, 1.54) is 14.2 Å². The normalized spacial score (nSPS) is 25.2. The van der Waals surface area contributed by atoms with E-state index >= 15 is 4.79 Å². The minimum Gasteiger partial charge on any atom is -0.468 e. The maximum Gasteiger partial charge on any atom is 0.322 e. The number of methoxy groups -OCH3 is 2. The van der Waals surface area contributed by atoms with Crippen molar-refractivity contribution in [2.24, 2.45) is 10.8 Å². The lowest BCUT2D eigenvalue weighted by Gasteiger charge is -2.58. The maximum atomic E-state index is 15.1. The van der Waals surface area contributed by atoms with E-state index in [-0.39, 0.29) is 13.1 Å². The number of ether oxygens (including phenoxy) is 2. The number of aromatic nitrogens is 4. The maximum absolute atomic E-state index is 15.1. The highest BCUT2D eigenvalue weighted by atomic mass is 16.5. The zero-order valence-electron chi connectivity index (χ0n) is 23.7. The molecule has 6 heterocycles. The quantitative estimate of drug-likeness (QED) is 0.256. The van der Waals surface area contributed by atoms with Gasteiger partial charge in [-0.2, -0.15) is 0 Å². The second-order valence-corrected chi connectivity index (χ2v) is 10.6. The Bertz CT molecular complexity index is 1490. The third-order valence-electron chi connectivity index (χ3n) is 8.40. The molecule has 0 amide bonds. The summed E-state index contributed by atoms with van der Waals surface area (Å²) >= 11 is 0. The molecular formula is C32H30N6O5. The van der Waals surface area contributed by atoms with E-state index in [4.69, 9.17) is 9.47 Å². The molecule has 0 saturated carbocycles. The van der Waals surface area contributed by atoms with Crippen LogP contribution in [0.3, 0.4) is 0 Å². The van der Waals surface area contributed by atoms with Crippen LogP contribution in [0, 0.1) is 10.8 Å². The van der Waals surface area contributed by atoms with Crippen molar-refractivity contribution in [1.29, 1.82) is 0 Å². The Morgan fingerprint density at radius 2 is 1.14 bits per heavy atom. The van der Waals surface area contributed by atoms with E-state index in [1.54, 1.807) is 73.3 Å². The second kappa shape index (κ2) is 11.4. The number of hydrogen-bond acceptors (Lipinski definition) is 11. The van der Waals surface area contributed by atoms with E-state index in [0.717, 1.165) is 0 Å². The number of esters is 2. The number of nitrogens with zero attached hydrogens (tertiary/aromatic N) is 5. The third kappa shape index (κ3) is 4.48. The van der Waals surface area contributed by atoms with Crippen LogP contribution in [-0.4, -0.2) is 69.9 Å². The van der Waals surface area contributed by atoms with Crippen LogP contribution in [0.5, 0.6) is 0 Å². The minimum atomic E-state index is -1.90. The molecule has 4 unspecified atom stereocenters. The average molecular weight is 579 g/mol. The van der Waals surface area contributed by atoms with Crippen LogP contribution in [0.1, 0.15) is 40.9 Å². The number of fused-ring (bicyclic) bond motifs is 2. The molecule has 11 heteroatoms. The van der Waals surface area contributed by atoms with Crippen LogP contribution in [0.15, 0.2) is 97.6 Å². The summed E-state index contributed by atoms with van der Waals surface area (Å²) in [6, 6.07) is 19.0. The summed E-state index contributed by atoms with van der Waals surface area (Å²) in [5.41, 5.74) is -1.66. The summed E-state index contributed by atoms with van der Waals surface area (Å²) in [4.78, 5) is 63.6. The summed E-state index contributed by atoms with van der Waals surface area (Å²) < 4.78 is 10.7. The molecule has 2 aliphatic rings. The van der Waals surface area contributed by atoms with Crippen LogP contribution in [0.4, 0.5) is 0 Å². The van der Waals surface area contributed by atoms with E-state index in [9.17, 15) is 9.59 Å². The largest absolute Gasteiger partial charge is 0.468 e. The molecule has 11 nitrogen and oxygen atoms in total. The molecule has 43 heavy (non-hydrogen) atoms. The predicted octanol–water partition coefficient (Wildman–Crippen LogP) is 2.65. The van der Waals surface area contributed by atoms with Gasteiger partial charge in [0, 0.05) is 37.9 Å². The number of likely N-dealkylation sites (tertiary alicyclic amines) is 1. The lowest BCUT2D eigenvalue weighted by atomic mass is 9.55. The first-order chi connectivity index (χ1) is 21.0. The molecule has 4 atom stereocenters. The number of hydrogen-bond donors (Lipinski definition) is 1. The highest BCUT2D eigenvalue weighted by Gasteiger charge is 2.74. The van der Waals surface area contributed by atoms with Gasteiger partial charge in [-0.15, -0.1) is 0 Å². The minimum absolute atomic E-state index is 0.113. The van der Waals surface area contributed by atoms with Crippen LogP contribution >= 0.6 is 0 Å². The van der Waals surface area contributed by atoms with Crippen LogP contribution in [-0.2, 0) is 23.9 Å². The number of carbonyl (C=O) groups excluding carboxylic acids is 3. The Kier molecular flexibility index (Phi) is 7.51. The van der Waals surface area contributed by atoms with Crippen LogP contribution in [0.25, 0.3) is 0 Å². The number of Topliss-reactive ketones (excluding diaryl/α,β-unsaturated/α-hetero) is 1. The van der Waals surface area contributed by atoms with Crippen molar-refractivity contribution in [2.75, 3.05) is 27.3 Å². The van der Waals surface area contributed by atoms with Gasteiger partial charge in [0.1, 0.15) is 0 Å². The fourth-order valence-electron chi connectivity index (χ4n) is 6.60. The first-order valence-corrected chi connectivity index (χ1v) is 13.8. The standard InChI is InChI=1S/C32H30N6O5/c1-42-29(40)31-19-38(25(21-11-3-7-15-33-21)22-12-4-8-16-34-22)20-32(28(31)39,30(41)43-2)27(24-14-6-10-18-36-24)37-26(31)23-13-5-9-17-35-23/h3-18,25-27,37H,19-20H2,1-2H3. The van der Waals surface area contributed by atoms with Gasteiger partial charge in [-0.05, 0) is 48.5 Å². The van der Waals surface area contributed by atoms with Gasteiger partial charge in [-0.1, -0.05) is 24.3 Å². The van der Waals surface area contributed by atoms with Gasteiger partial charge in [-0.25, -0.2) is 0 Å². The first kappa shape index (κ1) is 28.3. The molecule has 218 valence electrons. The molecular weight excluding hydrogens is 548 g/mol. The Morgan fingerprint density at radius 3 is 1.49 bits per heavy atom. The fourth-order valence-corrected chi connectivity index (χ4v) is 6.60. The van der Waals surface area contributed by atoms with E-state index in [0.29, 0.717) is 22.8 Å². The monoisotopic (exact) mass is 578 g/mol.